The molecule has 3 aromatic carbocycles. The van der Waals surface area contributed by atoms with Gasteiger partial charge in [-0.05, 0) is 61.4 Å². The lowest BCUT2D eigenvalue weighted by atomic mass is 10.1. The SMILES string of the molecule is Cc1ccc(C)c(Cn2c(CCNC(=O)c3ccc(Cl)cc3)nc3ccccc32)c1. The number of fused-ring (bicyclic) bond motifs is 1. The molecule has 0 fully saturated rings. The van der Waals surface area contributed by atoms with E-state index in [1.54, 1.807) is 24.3 Å². The van der Waals surface area contributed by atoms with Gasteiger partial charge in [-0.25, -0.2) is 4.98 Å². The molecule has 0 spiro atoms. The van der Waals surface area contributed by atoms with Crippen molar-refractivity contribution in [2.24, 2.45) is 0 Å². The molecule has 0 bridgehead atoms. The highest BCUT2D eigenvalue weighted by Gasteiger charge is 2.13. The average Bonchev–Trinajstić information content (AvgIpc) is 3.08. The summed E-state index contributed by atoms with van der Waals surface area (Å²) in [6.45, 7) is 5.52. The van der Waals surface area contributed by atoms with Crippen molar-refractivity contribution < 1.29 is 4.79 Å². The molecule has 0 aliphatic heterocycles. The van der Waals surface area contributed by atoms with Gasteiger partial charge >= 0.3 is 0 Å². The van der Waals surface area contributed by atoms with Gasteiger partial charge in [-0.1, -0.05) is 47.5 Å². The zero-order valence-corrected chi connectivity index (χ0v) is 17.9. The summed E-state index contributed by atoms with van der Waals surface area (Å²) in [5.41, 5.74) is 6.48. The number of rotatable bonds is 6. The van der Waals surface area contributed by atoms with Gasteiger partial charge in [0.25, 0.3) is 5.91 Å². The maximum absolute atomic E-state index is 12.4. The Balaban J connectivity index is 1.55. The predicted octanol–water partition coefficient (Wildman–Crippen LogP) is 5.33. The topological polar surface area (TPSA) is 46.9 Å². The predicted molar refractivity (Wildman–Crippen MR) is 122 cm³/mol. The molecule has 4 rings (SSSR count). The third-order valence-electron chi connectivity index (χ3n) is 5.31. The van der Waals surface area contributed by atoms with E-state index in [4.69, 9.17) is 16.6 Å². The van der Waals surface area contributed by atoms with E-state index in [1.807, 2.05) is 18.2 Å². The van der Waals surface area contributed by atoms with Gasteiger partial charge in [-0.3, -0.25) is 4.79 Å². The van der Waals surface area contributed by atoms with Gasteiger partial charge in [0.05, 0.1) is 11.0 Å². The fraction of sp³-hybridized carbons (Fsp3) is 0.200. The zero-order chi connectivity index (χ0) is 21.1. The summed E-state index contributed by atoms with van der Waals surface area (Å²) in [7, 11) is 0. The lowest BCUT2D eigenvalue weighted by molar-refractivity contribution is 0.0954. The number of hydrogen-bond acceptors (Lipinski definition) is 2. The van der Waals surface area contributed by atoms with Crippen LogP contribution >= 0.6 is 11.6 Å². The van der Waals surface area contributed by atoms with E-state index in [-0.39, 0.29) is 5.91 Å². The van der Waals surface area contributed by atoms with Gasteiger partial charge in [0.1, 0.15) is 5.82 Å². The molecule has 1 aromatic heterocycles. The molecular formula is C25H24ClN3O. The maximum Gasteiger partial charge on any atom is 0.251 e. The van der Waals surface area contributed by atoms with Crippen LogP contribution in [-0.2, 0) is 13.0 Å². The van der Waals surface area contributed by atoms with Crippen LogP contribution in [0.3, 0.4) is 0 Å². The third kappa shape index (κ3) is 4.39. The van der Waals surface area contributed by atoms with E-state index in [0.29, 0.717) is 23.6 Å². The Morgan fingerprint density at radius 2 is 1.80 bits per heavy atom. The smallest absolute Gasteiger partial charge is 0.251 e. The van der Waals surface area contributed by atoms with Crippen molar-refractivity contribution in [2.75, 3.05) is 6.54 Å². The first-order valence-corrected chi connectivity index (χ1v) is 10.4. The fourth-order valence-corrected chi connectivity index (χ4v) is 3.75. The summed E-state index contributed by atoms with van der Waals surface area (Å²) < 4.78 is 2.26. The van der Waals surface area contributed by atoms with Crippen LogP contribution in [0.4, 0.5) is 0 Å². The number of para-hydroxylation sites is 2. The molecule has 0 aliphatic carbocycles. The van der Waals surface area contributed by atoms with Gasteiger partial charge in [0.2, 0.25) is 0 Å². The lowest BCUT2D eigenvalue weighted by Crippen LogP contribution is -2.26. The summed E-state index contributed by atoms with van der Waals surface area (Å²) >= 11 is 5.90. The van der Waals surface area contributed by atoms with Crippen molar-refractivity contribution in [1.82, 2.24) is 14.9 Å². The quantitative estimate of drug-likeness (QED) is 0.461. The number of nitrogens with zero attached hydrogens (tertiary/aromatic N) is 2. The van der Waals surface area contributed by atoms with Gasteiger partial charge in [-0.2, -0.15) is 0 Å². The van der Waals surface area contributed by atoms with Crippen LogP contribution in [0.1, 0.15) is 32.9 Å². The van der Waals surface area contributed by atoms with E-state index in [0.717, 1.165) is 23.4 Å². The number of carbonyl (C=O) groups is 1. The van der Waals surface area contributed by atoms with E-state index >= 15 is 0 Å². The Labute approximate surface area is 181 Å². The molecule has 30 heavy (non-hydrogen) atoms. The molecule has 0 radical (unpaired) electrons. The number of halogens is 1. The summed E-state index contributed by atoms with van der Waals surface area (Å²) in [6, 6.07) is 21.6. The first-order chi connectivity index (χ1) is 14.5. The second-order valence-electron chi connectivity index (χ2n) is 7.55. The minimum atomic E-state index is -0.108. The molecule has 0 saturated carbocycles. The van der Waals surface area contributed by atoms with Crippen LogP contribution in [0.25, 0.3) is 11.0 Å². The molecule has 5 heteroatoms. The van der Waals surface area contributed by atoms with Crippen molar-refractivity contribution in [3.63, 3.8) is 0 Å². The summed E-state index contributed by atoms with van der Waals surface area (Å²) in [4.78, 5) is 17.2. The van der Waals surface area contributed by atoms with E-state index in [1.165, 1.54) is 16.7 Å². The molecule has 0 atom stereocenters. The molecule has 152 valence electrons. The summed E-state index contributed by atoms with van der Waals surface area (Å²) in [6.07, 6.45) is 0.652. The van der Waals surface area contributed by atoms with Crippen molar-refractivity contribution in [3.05, 3.63) is 99.8 Å². The first-order valence-electron chi connectivity index (χ1n) is 10.1. The Morgan fingerprint density at radius 1 is 1.03 bits per heavy atom. The molecule has 1 N–H and O–H groups in total. The zero-order valence-electron chi connectivity index (χ0n) is 17.2. The molecular weight excluding hydrogens is 394 g/mol. The van der Waals surface area contributed by atoms with Crippen molar-refractivity contribution in [3.8, 4) is 0 Å². The van der Waals surface area contributed by atoms with Crippen LogP contribution in [0.15, 0.2) is 66.7 Å². The van der Waals surface area contributed by atoms with Crippen LogP contribution in [0, 0.1) is 13.8 Å². The average molecular weight is 418 g/mol. The molecule has 4 nitrogen and oxygen atoms in total. The monoisotopic (exact) mass is 417 g/mol. The first kappa shape index (κ1) is 20.2. The Bertz CT molecular complexity index is 1190. The summed E-state index contributed by atoms with van der Waals surface area (Å²) in [5, 5.41) is 3.60. The molecule has 0 aliphatic rings. The van der Waals surface area contributed by atoms with Crippen LogP contribution < -0.4 is 5.32 Å². The minimum absolute atomic E-state index is 0.108. The largest absolute Gasteiger partial charge is 0.352 e. The summed E-state index contributed by atoms with van der Waals surface area (Å²) in [5.74, 6) is 0.859. The Morgan fingerprint density at radius 3 is 2.60 bits per heavy atom. The fourth-order valence-electron chi connectivity index (χ4n) is 3.62. The standard InChI is InChI=1S/C25H24ClN3O/c1-17-7-8-18(2)20(15-17)16-29-23-6-4-3-5-22(23)28-24(29)13-14-27-25(30)19-9-11-21(26)12-10-19/h3-12,15H,13-14,16H2,1-2H3,(H,27,30). The van der Waals surface area contributed by atoms with E-state index in [9.17, 15) is 4.79 Å². The maximum atomic E-state index is 12.4. The molecule has 4 aromatic rings. The van der Waals surface area contributed by atoms with Gasteiger partial charge in [-0.15, -0.1) is 0 Å². The number of imidazole rings is 1. The number of aromatic nitrogens is 2. The normalized spacial score (nSPS) is 11.0. The number of aryl methyl sites for hydroxylation is 2. The number of amides is 1. The highest BCUT2D eigenvalue weighted by molar-refractivity contribution is 6.30. The van der Waals surface area contributed by atoms with Crippen molar-refractivity contribution in [2.45, 2.75) is 26.8 Å². The third-order valence-corrected chi connectivity index (χ3v) is 5.56. The second kappa shape index (κ2) is 8.72. The molecule has 1 heterocycles. The Hall–Kier alpha value is -3.11. The lowest BCUT2D eigenvalue weighted by Gasteiger charge is -2.13. The number of hydrogen-bond donors (Lipinski definition) is 1. The highest BCUT2D eigenvalue weighted by atomic mass is 35.5. The minimum Gasteiger partial charge on any atom is -0.352 e. The molecule has 0 unspecified atom stereocenters. The van der Waals surface area contributed by atoms with Gasteiger partial charge in [0.15, 0.2) is 0 Å². The number of carbonyl (C=O) groups excluding carboxylic acids is 1. The van der Waals surface area contributed by atoms with Crippen LogP contribution in [0.5, 0.6) is 0 Å². The van der Waals surface area contributed by atoms with Crippen molar-refractivity contribution >= 4 is 28.5 Å². The number of benzene rings is 3. The van der Waals surface area contributed by atoms with Gasteiger partial charge < -0.3 is 9.88 Å². The van der Waals surface area contributed by atoms with Crippen molar-refractivity contribution in [1.29, 1.82) is 0 Å². The van der Waals surface area contributed by atoms with Crippen LogP contribution in [0.2, 0.25) is 5.02 Å². The van der Waals surface area contributed by atoms with E-state index < -0.39 is 0 Å². The number of nitrogens with one attached hydrogen (secondary N) is 1. The van der Waals surface area contributed by atoms with Gasteiger partial charge in [0, 0.05) is 30.1 Å². The highest BCUT2D eigenvalue weighted by Crippen LogP contribution is 2.20. The second-order valence-corrected chi connectivity index (χ2v) is 7.98. The Kier molecular flexibility index (Phi) is 5.86. The molecule has 0 saturated heterocycles. The molecule has 1 amide bonds. The van der Waals surface area contributed by atoms with E-state index in [2.05, 4.69) is 48.0 Å². The van der Waals surface area contributed by atoms with Crippen LogP contribution in [-0.4, -0.2) is 22.0 Å².